The van der Waals surface area contributed by atoms with Crippen LogP contribution in [0.25, 0.3) is 0 Å². The van der Waals surface area contributed by atoms with E-state index in [1.54, 1.807) is 28.1 Å². The first-order chi connectivity index (χ1) is 14.5. The molecule has 0 atom stereocenters. The fraction of sp³-hybridized carbons (Fsp3) is 0.227. The Bertz CT molecular complexity index is 1120. The van der Waals surface area contributed by atoms with Crippen molar-refractivity contribution in [3.63, 3.8) is 0 Å². The molecule has 2 amide bonds. The summed E-state index contributed by atoms with van der Waals surface area (Å²) in [7, 11) is 0. The molecule has 4 rings (SSSR count). The van der Waals surface area contributed by atoms with Gasteiger partial charge in [0.15, 0.2) is 0 Å². The lowest BCUT2D eigenvalue weighted by molar-refractivity contribution is 0.0537. The number of piperazine rings is 1. The van der Waals surface area contributed by atoms with E-state index in [0.717, 1.165) is 5.56 Å². The number of hydrogen-bond acceptors (Lipinski definition) is 4. The van der Waals surface area contributed by atoms with Crippen molar-refractivity contribution >= 4 is 34.8 Å². The van der Waals surface area contributed by atoms with E-state index in [9.17, 15) is 14.4 Å². The molecule has 0 bridgehead atoms. The molecule has 1 fully saturated rings. The van der Waals surface area contributed by atoms with Crippen molar-refractivity contribution < 1.29 is 9.59 Å². The summed E-state index contributed by atoms with van der Waals surface area (Å²) in [6.07, 6.45) is 1.58. The van der Waals surface area contributed by atoms with Gasteiger partial charge in [0.1, 0.15) is 0 Å². The number of hydrogen-bond donors (Lipinski definition) is 0. The van der Waals surface area contributed by atoms with Gasteiger partial charge in [-0.15, -0.1) is 11.3 Å². The van der Waals surface area contributed by atoms with Crippen molar-refractivity contribution in [1.82, 2.24) is 14.4 Å². The minimum atomic E-state index is -0.196. The van der Waals surface area contributed by atoms with Gasteiger partial charge in [0.25, 0.3) is 17.4 Å². The van der Waals surface area contributed by atoms with E-state index in [0.29, 0.717) is 48.2 Å². The van der Waals surface area contributed by atoms with Crippen LogP contribution in [0.15, 0.2) is 64.9 Å². The Balaban J connectivity index is 1.45. The molecule has 3 aromatic rings. The Kier molecular flexibility index (Phi) is 6.01. The fourth-order valence-corrected chi connectivity index (χ4v) is 4.33. The van der Waals surface area contributed by atoms with Crippen molar-refractivity contribution in [1.29, 1.82) is 0 Å². The van der Waals surface area contributed by atoms with E-state index in [1.165, 1.54) is 22.0 Å². The SMILES string of the molecule is O=C(c1ccc(=O)n(Cc2ccccc2Cl)c1)N1CCN(C(=O)c2cccs2)CC1. The number of benzene rings is 1. The number of halogens is 1. The average Bonchev–Trinajstić information content (AvgIpc) is 3.31. The van der Waals surface area contributed by atoms with Gasteiger partial charge < -0.3 is 14.4 Å². The summed E-state index contributed by atoms with van der Waals surface area (Å²) in [5.74, 6) is -0.142. The molecule has 1 aliphatic rings. The van der Waals surface area contributed by atoms with Gasteiger partial charge in [-0.25, -0.2) is 0 Å². The number of nitrogens with zero attached hydrogens (tertiary/aromatic N) is 3. The molecular weight excluding hydrogens is 422 g/mol. The lowest BCUT2D eigenvalue weighted by Crippen LogP contribution is -2.50. The van der Waals surface area contributed by atoms with Gasteiger partial charge in [-0.05, 0) is 29.1 Å². The van der Waals surface area contributed by atoms with Crippen LogP contribution >= 0.6 is 22.9 Å². The molecule has 1 aliphatic heterocycles. The highest BCUT2D eigenvalue weighted by Crippen LogP contribution is 2.17. The molecule has 1 aromatic carbocycles. The zero-order valence-electron chi connectivity index (χ0n) is 16.2. The first-order valence-corrected chi connectivity index (χ1v) is 10.8. The van der Waals surface area contributed by atoms with Gasteiger partial charge in [-0.3, -0.25) is 14.4 Å². The Morgan fingerprint density at radius 3 is 2.27 bits per heavy atom. The minimum absolute atomic E-state index is 0.00499. The first kappa shape index (κ1) is 20.4. The van der Waals surface area contributed by atoms with Gasteiger partial charge in [0, 0.05) is 43.5 Å². The molecule has 0 saturated carbocycles. The van der Waals surface area contributed by atoms with Crippen molar-refractivity contribution in [2.24, 2.45) is 0 Å². The molecule has 30 heavy (non-hydrogen) atoms. The van der Waals surface area contributed by atoms with Crippen LogP contribution in [-0.4, -0.2) is 52.4 Å². The van der Waals surface area contributed by atoms with E-state index >= 15 is 0 Å². The third-order valence-electron chi connectivity index (χ3n) is 5.12. The van der Waals surface area contributed by atoms with E-state index < -0.39 is 0 Å². The lowest BCUT2D eigenvalue weighted by atomic mass is 10.2. The molecular formula is C22H20ClN3O3S. The van der Waals surface area contributed by atoms with Gasteiger partial charge in [-0.2, -0.15) is 0 Å². The molecule has 0 spiro atoms. The number of pyridine rings is 1. The minimum Gasteiger partial charge on any atom is -0.335 e. The number of carbonyl (C=O) groups is 2. The largest absolute Gasteiger partial charge is 0.335 e. The molecule has 0 radical (unpaired) electrons. The van der Waals surface area contributed by atoms with Crippen LogP contribution in [0.1, 0.15) is 25.6 Å². The van der Waals surface area contributed by atoms with Crippen LogP contribution in [0.5, 0.6) is 0 Å². The highest BCUT2D eigenvalue weighted by atomic mass is 35.5. The summed E-state index contributed by atoms with van der Waals surface area (Å²) < 4.78 is 1.49. The van der Waals surface area contributed by atoms with E-state index in [1.807, 2.05) is 35.7 Å². The standard InChI is InChI=1S/C22H20ClN3O3S/c23-18-5-2-1-4-16(18)14-26-15-17(7-8-20(26)27)21(28)24-9-11-25(12-10-24)22(29)19-6-3-13-30-19/h1-8,13,15H,9-12,14H2. The molecule has 154 valence electrons. The quantitative estimate of drug-likeness (QED) is 0.624. The average molecular weight is 442 g/mol. The monoisotopic (exact) mass is 441 g/mol. The summed E-state index contributed by atoms with van der Waals surface area (Å²) in [6, 6.07) is 13.9. The van der Waals surface area contributed by atoms with Crippen molar-refractivity contribution in [2.45, 2.75) is 6.54 Å². The molecule has 6 nitrogen and oxygen atoms in total. The molecule has 1 saturated heterocycles. The van der Waals surface area contributed by atoms with Crippen LogP contribution in [0.4, 0.5) is 0 Å². The molecule has 2 aromatic heterocycles. The summed E-state index contributed by atoms with van der Waals surface area (Å²) in [5, 5.41) is 2.46. The van der Waals surface area contributed by atoms with E-state index in [-0.39, 0.29) is 17.4 Å². The molecule has 0 unspecified atom stereocenters. The molecule has 0 N–H and O–H groups in total. The van der Waals surface area contributed by atoms with Gasteiger partial charge in [-0.1, -0.05) is 35.9 Å². The second-order valence-electron chi connectivity index (χ2n) is 7.04. The lowest BCUT2D eigenvalue weighted by Gasteiger charge is -2.34. The molecule has 8 heteroatoms. The highest BCUT2D eigenvalue weighted by Gasteiger charge is 2.26. The van der Waals surface area contributed by atoms with Crippen molar-refractivity contribution in [2.75, 3.05) is 26.2 Å². The van der Waals surface area contributed by atoms with Crippen molar-refractivity contribution in [3.05, 3.63) is 91.5 Å². The number of rotatable bonds is 4. The predicted molar refractivity (Wildman–Crippen MR) is 117 cm³/mol. The number of amides is 2. The van der Waals surface area contributed by atoms with Gasteiger partial charge >= 0.3 is 0 Å². The van der Waals surface area contributed by atoms with Crippen LogP contribution in [0.3, 0.4) is 0 Å². The Hall–Kier alpha value is -2.90. The second-order valence-corrected chi connectivity index (χ2v) is 8.39. The number of aromatic nitrogens is 1. The zero-order chi connectivity index (χ0) is 21.1. The number of carbonyl (C=O) groups excluding carboxylic acids is 2. The smallest absolute Gasteiger partial charge is 0.264 e. The maximum absolute atomic E-state index is 13.0. The Morgan fingerprint density at radius 2 is 1.60 bits per heavy atom. The van der Waals surface area contributed by atoms with Gasteiger partial charge in [0.2, 0.25) is 0 Å². The van der Waals surface area contributed by atoms with Crippen LogP contribution in [-0.2, 0) is 6.54 Å². The maximum atomic E-state index is 13.0. The molecule has 3 heterocycles. The van der Waals surface area contributed by atoms with Crippen molar-refractivity contribution in [3.8, 4) is 0 Å². The normalized spacial score (nSPS) is 14.0. The topological polar surface area (TPSA) is 62.6 Å². The third kappa shape index (κ3) is 4.32. The van der Waals surface area contributed by atoms with Gasteiger partial charge in [0.05, 0.1) is 17.0 Å². The molecule has 0 aliphatic carbocycles. The summed E-state index contributed by atoms with van der Waals surface area (Å²) in [4.78, 5) is 41.9. The fourth-order valence-electron chi connectivity index (χ4n) is 3.44. The van der Waals surface area contributed by atoms with E-state index in [2.05, 4.69) is 0 Å². The summed E-state index contributed by atoms with van der Waals surface area (Å²) in [5.41, 5.74) is 1.06. The summed E-state index contributed by atoms with van der Waals surface area (Å²) >= 11 is 7.62. The van der Waals surface area contributed by atoms with Crippen LogP contribution < -0.4 is 5.56 Å². The third-order valence-corrected chi connectivity index (χ3v) is 6.34. The predicted octanol–water partition coefficient (Wildman–Crippen LogP) is 3.21. The first-order valence-electron chi connectivity index (χ1n) is 9.59. The van der Waals surface area contributed by atoms with E-state index in [4.69, 9.17) is 11.6 Å². The zero-order valence-corrected chi connectivity index (χ0v) is 17.7. The highest BCUT2D eigenvalue weighted by molar-refractivity contribution is 7.12. The maximum Gasteiger partial charge on any atom is 0.264 e. The summed E-state index contributed by atoms with van der Waals surface area (Å²) in [6.45, 7) is 2.19. The van der Waals surface area contributed by atoms with Crippen LogP contribution in [0.2, 0.25) is 5.02 Å². The Labute approximate surface area is 182 Å². The number of thiophene rings is 1. The van der Waals surface area contributed by atoms with Crippen LogP contribution in [0, 0.1) is 0 Å². The second kappa shape index (κ2) is 8.85. The Morgan fingerprint density at radius 1 is 0.900 bits per heavy atom.